The van der Waals surface area contributed by atoms with Crippen LogP contribution in [0.5, 0.6) is 0 Å². The molecule has 2 saturated heterocycles. The number of amides is 3. The zero-order valence-corrected chi connectivity index (χ0v) is 8.61. The van der Waals surface area contributed by atoms with Crippen molar-refractivity contribution in [3.8, 4) is 0 Å². The highest BCUT2D eigenvalue weighted by atomic mass is 16.2. The van der Waals surface area contributed by atoms with Crippen LogP contribution in [0.4, 0.5) is 4.79 Å². The predicted octanol–water partition coefficient (Wildman–Crippen LogP) is -1.43. The highest BCUT2D eigenvalue weighted by Crippen LogP contribution is 2.07. The molecule has 0 unspecified atom stereocenters. The first-order valence-corrected chi connectivity index (χ1v) is 5.23. The minimum absolute atomic E-state index is 0.126. The highest BCUT2D eigenvalue weighted by molar-refractivity contribution is 5.96. The van der Waals surface area contributed by atoms with Crippen molar-refractivity contribution in [2.45, 2.75) is 12.5 Å². The van der Waals surface area contributed by atoms with Crippen molar-refractivity contribution in [1.82, 2.24) is 15.1 Å². The van der Waals surface area contributed by atoms with Gasteiger partial charge >= 0.3 is 6.03 Å². The van der Waals surface area contributed by atoms with Crippen LogP contribution in [0.3, 0.4) is 0 Å². The summed E-state index contributed by atoms with van der Waals surface area (Å²) >= 11 is 0. The smallest absolute Gasteiger partial charge is 0.324 e. The van der Waals surface area contributed by atoms with E-state index < -0.39 is 0 Å². The van der Waals surface area contributed by atoms with Gasteiger partial charge in [-0.1, -0.05) is 0 Å². The maximum atomic E-state index is 11.7. The van der Waals surface area contributed by atoms with E-state index in [1.807, 2.05) is 4.90 Å². The van der Waals surface area contributed by atoms with Crippen LogP contribution < -0.4 is 11.1 Å². The van der Waals surface area contributed by atoms with Crippen molar-refractivity contribution in [2.75, 3.05) is 32.7 Å². The Morgan fingerprint density at radius 3 is 2.87 bits per heavy atom. The molecule has 0 aliphatic carbocycles. The van der Waals surface area contributed by atoms with Crippen LogP contribution in [0.1, 0.15) is 6.42 Å². The molecule has 2 aliphatic rings. The number of hydrogen-bond donors (Lipinski definition) is 2. The first kappa shape index (κ1) is 10.4. The third-order valence-electron chi connectivity index (χ3n) is 2.83. The molecular formula is C9H16N4O2. The number of nitrogens with zero attached hydrogens (tertiary/aromatic N) is 2. The summed E-state index contributed by atoms with van der Waals surface area (Å²) in [5.41, 5.74) is 5.74. The molecule has 0 saturated carbocycles. The number of carbonyl (C=O) groups is 2. The van der Waals surface area contributed by atoms with E-state index in [1.165, 1.54) is 4.90 Å². The van der Waals surface area contributed by atoms with E-state index >= 15 is 0 Å². The van der Waals surface area contributed by atoms with E-state index in [4.69, 9.17) is 5.73 Å². The van der Waals surface area contributed by atoms with Crippen molar-refractivity contribution in [1.29, 1.82) is 0 Å². The lowest BCUT2D eigenvalue weighted by Crippen LogP contribution is -2.41. The van der Waals surface area contributed by atoms with E-state index in [0.29, 0.717) is 19.6 Å². The number of imide groups is 1. The average molecular weight is 212 g/mol. The fraction of sp³-hybridized carbons (Fsp3) is 0.778. The number of urea groups is 1. The van der Waals surface area contributed by atoms with Gasteiger partial charge in [-0.05, 0) is 6.42 Å². The van der Waals surface area contributed by atoms with Crippen LogP contribution >= 0.6 is 0 Å². The molecule has 0 aromatic rings. The van der Waals surface area contributed by atoms with E-state index in [2.05, 4.69) is 5.32 Å². The molecule has 0 aromatic carbocycles. The fourth-order valence-corrected chi connectivity index (χ4v) is 1.99. The van der Waals surface area contributed by atoms with Crippen LogP contribution in [0.15, 0.2) is 0 Å². The first-order chi connectivity index (χ1) is 7.16. The Kier molecular flexibility index (Phi) is 2.88. The number of carbonyl (C=O) groups excluding carboxylic acids is 2. The van der Waals surface area contributed by atoms with Gasteiger partial charge in [0, 0.05) is 32.2 Å². The third-order valence-corrected chi connectivity index (χ3v) is 2.83. The van der Waals surface area contributed by atoms with Crippen molar-refractivity contribution in [2.24, 2.45) is 5.73 Å². The van der Waals surface area contributed by atoms with Gasteiger partial charge in [0.1, 0.15) is 0 Å². The SMILES string of the molecule is N[C@H]1CCN(CC(=O)N2CCNC2=O)C1. The van der Waals surface area contributed by atoms with Gasteiger partial charge in [-0.2, -0.15) is 0 Å². The molecule has 2 aliphatic heterocycles. The lowest BCUT2D eigenvalue weighted by Gasteiger charge is -2.18. The van der Waals surface area contributed by atoms with Crippen molar-refractivity contribution >= 4 is 11.9 Å². The maximum absolute atomic E-state index is 11.7. The number of hydrogen-bond acceptors (Lipinski definition) is 4. The summed E-state index contributed by atoms with van der Waals surface area (Å²) in [5.74, 6) is -0.126. The summed E-state index contributed by atoms with van der Waals surface area (Å²) < 4.78 is 0. The van der Waals surface area contributed by atoms with Crippen LogP contribution in [0.25, 0.3) is 0 Å². The Labute approximate surface area is 88.4 Å². The number of likely N-dealkylation sites (tertiary alicyclic amines) is 1. The molecule has 6 heteroatoms. The normalized spacial score (nSPS) is 27.1. The second kappa shape index (κ2) is 4.16. The second-order valence-corrected chi connectivity index (χ2v) is 4.06. The highest BCUT2D eigenvalue weighted by Gasteiger charge is 2.29. The zero-order chi connectivity index (χ0) is 10.8. The molecule has 0 aromatic heterocycles. The molecule has 0 bridgehead atoms. The Morgan fingerprint density at radius 2 is 2.33 bits per heavy atom. The lowest BCUT2D eigenvalue weighted by molar-refractivity contribution is -0.128. The van der Waals surface area contributed by atoms with Crippen molar-refractivity contribution in [3.05, 3.63) is 0 Å². The van der Waals surface area contributed by atoms with Crippen LogP contribution in [-0.4, -0.2) is 60.5 Å². The van der Waals surface area contributed by atoms with E-state index in [9.17, 15) is 9.59 Å². The molecule has 15 heavy (non-hydrogen) atoms. The zero-order valence-electron chi connectivity index (χ0n) is 8.61. The summed E-state index contributed by atoms with van der Waals surface area (Å²) in [4.78, 5) is 26.2. The van der Waals surface area contributed by atoms with Gasteiger partial charge in [0.15, 0.2) is 0 Å². The summed E-state index contributed by atoms with van der Waals surface area (Å²) in [5, 5.41) is 2.61. The minimum atomic E-state index is -0.275. The van der Waals surface area contributed by atoms with Gasteiger partial charge in [0.2, 0.25) is 5.91 Å². The molecule has 0 spiro atoms. The molecule has 3 N–H and O–H groups in total. The summed E-state index contributed by atoms with van der Waals surface area (Å²) in [6.07, 6.45) is 0.930. The quantitative estimate of drug-likeness (QED) is 0.588. The molecule has 6 nitrogen and oxygen atoms in total. The van der Waals surface area contributed by atoms with E-state index in [0.717, 1.165) is 19.5 Å². The molecule has 2 fully saturated rings. The fourth-order valence-electron chi connectivity index (χ4n) is 1.99. The molecule has 2 rings (SSSR count). The van der Waals surface area contributed by atoms with Gasteiger partial charge in [-0.15, -0.1) is 0 Å². The number of nitrogens with two attached hydrogens (primary N) is 1. The Bertz CT molecular complexity index is 281. The summed E-state index contributed by atoms with van der Waals surface area (Å²) in [6, 6.07) is -0.103. The molecular weight excluding hydrogens is 196 g/mol. The Hall–Kier alpha value is -1.14. The minimum Gasteiger partial charge on any atom is -0.336 e. The Balaban J connectivity index is 1.84. The molecule has 3 amide bonds. The Morgan fingerprint density at radius 1 is 1.53 bits per heavy atom. The van der Waals surface area contributed by atoms with Crippen molar-refractivity contribution < 1.29 is 9.59 Å². The first-order valence-electron chi connectivity index (χ1n) is 5.23. The second-order valence-electron chi connectivity index (χ2n) is 4.06. The van der Waals surface area contributed by atoms with Crippen molar-refractivity contribution in [3.63, 3.8) is 0 Å². The molecule has 2 heterocycles. The number of rotatable bonds is 2. The topological polar surface area (TPSA) is 78.7 Å². The summed E-state index contributed by atoms with van der Waals surface area (Å²) in [6.45, 7) is 2.95. The van der Waals surface area contributed by atoms with Crippen LogP contribution in [0.2, 0.25) is 0 Å². The largest absolute Gasteiger partial charge is 0.336 e. The monoisotopic (exact) mass is 212 g/mol. The average Bonchev–Trinajstić information content (AvgIpc) is 2.75. The number of nitrogens with one attached hydrogen (secondary N) is 1. The van der Waals surface area contributed by atoms with E-state index in [1.54, 1.807) is 0 Å². The predicted molar refractivity (Wildman–Crippen MR) is 54.1 cm³/mol. The van der Waals surface area contributed by atoms with Gasteiger partial charge in [0.05, 0.1) is 6.54 Å². The van der Waals surface area contributed by atoms with Crippen LogP contribution in [0, 0.1) is 0 Å². The van der Waals surface area contributed by atoms with Gasteiger partial charge in [-0.25, -0.2) is 4.79 Å². The van der Waals surface area contributed by atoms with Gasteiger partial charge < -0.3 is 11.1 Å². The maximum Gasteiger partial charge on any atom is 0.324 e. The summed E-state index contributed by atoms with van der Waals surface area (Å²) in [7, 11) is 0. The van der Waals surface area contributed by atoms with E-state index in [-0.39, 0.29) is 18.0 Å². The molecule has 1 atom stereocenters. The van der Waals surface area contributed by atoms with Crippen LogP contribution in [-0.2, 0) is 4.79 Å². The molecule has 84 valence electrons. The lowest BCUT2D eigenvalue weighted by atomic mass is 10.3. The van der Waals surface area contributed by atoms with Gasteiger partial charge in [-0.3, -0.25) is 14.6 Å². The molecule has 0 radical (unpaired) electrons. The van der Waals surface area contributed by atoms with Gasteiger partial charge in [0.25, 0.3) is 0 Å². The standard InChI is InChI=1S/C9H16N4O2/c10-7-1-3-12(5-7)6-8(14)13-4-2-11-9(13)15/h7H,1-6,10H2,(H,11,15)/t7-/m0/s1. The third kappa shape index (κ3) is 2.27.